The second-order valence-corrected chi connectivity index (χ2v) is 6.26. The van der Waals surface area contributed by atoms with Gasteiger partial charge in [0.05, 0.1) is 23.9 Å². The van der Waals surface area contributed by atoms with E-state index in [4.69, 9.17) is 9.47 Å². The number of nitrogens with zero attached hydrogens (tertiary/aromatic N) is 1. The van der Waals surface area contributed by atoms with E-state index >= 15 is 0 Å². The van der Waals surface area contributed by atoms with E-state index in [1.807, 2.05) is 49.4 Å². The summed E-state index contributed by atoms with van der Waals surface area (Å²) in [5.41, 5.74) is 3.40. The third kappa shape index (κ3) is 2.80. The Balaban J connectivity index is 2.09. The van der Waals surface area contributed by atoms with Crippen LogP contribution in [0.1, 0.15) is 18.1 Å². The first kappa shape index (κ1) is 16.6. The van der Waals surface area contributed by atoms with Crippen molar-refractivity contribution in [2.24, 2.45) is 0 Å². The maximum absolute atomic E-state index is 12.6. The summed E-state index contributed by atoms with van der Waals surface area (Å²) >= 11 is 3.52. The fraction of sp³-hybridized carbons (Fsp3) is 0.211. The van der Waals surface area contributed by atoms with Crippen molar-refractivity contribution in [2.75, 3.05) is 25.7 Å². The van der Waals surface area contributed by atoms with Crippen molar-refractivity contribution in [1.29, 1.82) is 0 Å². The summed E-state index contributed by atoms with van der Waals surface area (Å²) in [6.45, 7) is 2.47. The second-order valence-electron chi connectivity index (χ2n) is 5.41. The number of fused-ring (bicyclic) bond motifs is 1. The standard InChI is InChI=1S/C19H18BrNO3/c1-4-24-18-15(20)10-12(11-17(18)23-3)9-14-13-7-5-6-8-16(13)21(2)19(14)22/h5-11H,4H2,1-3H3/b14-9-. The first-order chi connectivity index (χ1) is 11.6. The molecule has 1 aliphatic heterocycles. The van der Waals surface area contributed by atoms with Crippen LogP contribution in [0, 0.1) is 0 Å². The van der Waals surface area contributed by atoms with E-state index in [9.17, 15) is 4.79 Å². The summed E-state index contributed by atoms with van der Waals surface area (Å²) in [4.78, 5) is 14.2. The van der Waals surface area contributed by atoms with Gasteiger partial charge in [0.25, 0.3) is 5.91 Å². The molecule has 1 heterocycles. The number of methoxy groups -OCH3 is 1. The van der Waals surface area contributed by atoms with Crippen molar-refractivity contribution < 1.29 is 14.3 Å². The second kappa shape index (κ2) is 6.69. The van der Waals surface area contributed by atoms with Crippen molar-refractivity contribution in [1.82, 2.24) is 0 Å². The van der Waals surface area contributed by atoms with Gasteiger partial charge < -0.3 is 14.4 Å². The lowest BCUT2D eigenvalue weighted by Gasteiger charge is -2.12. The monoisotopic (exact) mass is 387 g/mol. The van der Waals surface area contributed by atoms with Crippen molar-refractivity contribution >= 4 is 39.2 Å². The SMILES string of the molecule is CCOc1c(Br)cc(/C=C2\C(=O)N(C)c3ccccc32)cc1OC. The van der Waals surface area contributed by atoms with E-state index in [1.54, 1.807) is 19.1 Å². The quantitative estimate of drug-likeness (QED) is 0.730. The molecule has 0 atom stereocenters. The number of ether oxygens (including phenoxy) is 2. The Morgan fingerprint density at radius 1 is 1.25 bits per heavy atom. The fourth-order valence-corrected chi connectivity index (χ4v) is 3.39. The molecule has 2 aromatic rings. The Hall–Kier alpha value is -2.27. The Bertz CT molecular complexity index is 829. The molecule has 5 heteroatoms. The van der Waals surface area contributed by atoms with Crippen LogP contribution in [0.5, 0.6) is 11.5 Å². The molecule has 0 saturated heterocycles. The van der Waals surface area contributed by atoms with Crippen LogP contribution < -0.4 is 14.4 Å². The number of hydrogen-bond acceptors (Lipinski definition) is 3. The molecule has 0 unspecified atom stereocenters. The van der Waals surface area contributed by atoms with Gasteiger partial charge in [-0.05, 0) is 52.7 Å². The molecular formula is C19H18BrNO3. The number of anilines is 1. The molecule has 0 aliphatic carbocycles. The topological polar surface area (TPSA) is 38.8 Å². The molecule has 124 valence electrons. The lowest BCUT2D eigenvalue weighted by molar-refractivity contribution is -0.112. The van der Waals surface area contributed by atoms with Crippen LogP contribution in [0.4, 0.5) is 5.69 Å². The van der Waals surface area contributed by atoms with Gasteiger partial charge in [0.1, 0.15) is 0 Å². The fourth-order valence-electron chi connectivity index (χ4n) is 2.81. The Kier molecular flexibility index (Phi) is 4.62. The van der Waals surface area contributed by atoms with E-state index in [0.717, 1.165) is 21.3 Å². The molecule has 0 spiro atoms. The molecule has 24 heavy (non-hydrogen) atoms. The smallest absolute Gasteiger partial charge is 0.258 e. The average molecular weight is 388 g/mol. The highest BCUT2D eigenvalue weighted by Crippen LogP contribution is 2.40. The Morgan fingerprint density at radius 3 is 2.71 bits per heavy atom. The average Bonchev–Trinajstić information content (AvgIpc) is 2.82. The molecular weight excluding hydrogens is 370 g/mol. The summed E-state index contributed by atoms with van der Waals surface area (Å²) < 4.78 is 11.8. The summed E-state index contributed by atoms with van der Waals surface area (Å²) in [7, 11) is 3.39. The van der Waals surface area contributed by atoms with Gasteiger partial charge in [0.2, 0.25) is 0 Å². The predicted octanol–water partition coefficient (Wildman–Crippen LogP) is 4.37. The van der Waals surface area contributed by atoms with Crippen LogP contribution in [0.2, 0.25) is 0 Å². The maximum atomic E-state index is 12.6. The van der Waals surface area contributed by atoms with Crippen LogP contribution in [0.15, 0.2) is 40.9 Å². The Morgan fingerprint density at radius 2 is 2.00 bits per heavy atom. The first-order valence-electron chi connectivity index (χ1n) is 7.66. The third-order valence-corrected chi connectivity index (χ3v) is 4.53. The van der Waals surface area contributed by atoms with Crippen molar-refractivity contribution in [3.63, 3.8) is 0 Å². The van der Waals surface area contributed by atoms with Crippen molar-refractivity contribution in [3.05, 3.63) is 52.0 Å². The number of likely N-dealkylation sites (N-methyl/N-ethyl adjacent to an activating group) is 1. The zero-order chi connectivity index (χ0) is 17.3. The summed E-state index contributed by atoms with van der Waals surface area (Å²) in [6, 6.07) is 11.6. The van der Waals surface area contributed by atoms with Gasteiger partial charge in [-0.1, -0.05) is 18.2 Å². The zero-order valence-corrected chi connectivity index (χ0v) is 15.4. The number of rotatable bonds is 4. The van der Waals surface area contributed by atoms with Gasteiger partial charge in [-0.3, -0.25) is 4.79 Å². The molecule has 0 radical (unpaired) electrons. The maximum Gasteiger partial charge on any atom is 0.258 e. The summed E-state index contributed by atoms with van der Waals surface area (Å²) in [5, 5.41) is 0. The number of carbonyl (C=O) groups is 1. The Labute approximate surface area is 149 Å². The minimum absolute atomic E-state index is 0.0137. The zero-order valence-electron chi connectivity index (χ0n) is 13.8. The van der Waals surface area contributed by atoms with Crippen LogP contribution in [-0.4, -0.2) is 26.7 Å². The van der Waals surface area contributed by atoms with Crippen LogP contribution >= 0.6 is 15.9 Å². The van der Waals surface area contributed by atoms with Gasteiger partial charge in [-0.25, -0.2) is 0 Å². The van der Waals surface area contributed by atoms with Crippen LogP contribution in [-0.2, 0) is 4.79 Å². The highest BCUT2D eigenvalue weighted by Gasteiger charge is 2.29. The summed E-state index contributed by atoms with van der Waals surface area (Å²) in [5.74, 6) is 1.28. The minimum atomic E-state index is -0.0137. The van der Waals surface area contributed by atoms with Gasteiger partial charge in [0, 0.05) is 18.2 Å². The number of halogens is 1. The molecule has 3 rings (SSSR count). The van der Waals surface area contributed by atoms with E-state index in [0.29, 0.717) is 23.7 Å². The van der Waals surface area contributed by atoms with Gasteiger partial charge in [-0.15, -0.1) is 0 Å². The van der Waals surface area contributed by atoms with E-state index in [1.165, 1.54) is 0 Å². The van der Waals surface area contributed by atoms with Gasteiger partial charge in [-0.2, -0.15) is 0 Å². The number of carbonyl (C=O) groups excluding carboxylic acids is 1. The van der Waals surface area contributed by atoms with Crippen molar-refractivity contribution in [3.8, 4) is 11.5 Å². The molecule has 0 fully saturated rings. The van der Waals surface area contributed by atoms with Crippen LogP contribution in [0.25, 0.3) is 11.6 Å². The number of amides is 1. The normalized spacial score (nSPS) is 14.9. The van der Waals surface area contributed by atoms with E-state index in [-0.39, 0.29) is 5.91 Å². The molecule has 2 aromatic carbocycles. The van der Waals surface area contributed by atoms with E-state index < -0.39 is 0 Å². The van der Waals surface area contributed by atoms with E-state index in [2.05, 4.69) is 15.9 Å². The first-order valence-corrected chi connectivity index (χ1v) is 8.45. The predicted molar refractivity (Wildman–Crippen MR) is 99.6 cm³/mol. The minimum Gasteiger partial charge on any atom is -0.493 e. The molecule has 0 bridgehead atoms. The number of benzene rings is 2. The van der Waals surface area contributed by atoms with Gasteiger partial charge >= 0.3 is 0 Å². The number of para-hydroxylation sites is 1. The molecule has 4 nitrogen and oxygen atoms in total. The van der Waals surface area contributed by atoms with Crippen LogP contribution in [0.3, 0.4) is 0 Å². The highest BCUT2D eigenvalue weighted by atomic mass is 79.9. The lowest BCUT2D eigenvalue weighted by Crippen LogP contribution is -2.20. The van der Waals surface area contributed by atoms with Crippen molar-refractivity contribution in [2.45, 2.75) is 6.92 Å². The molecule has 1 aliphatic rings. The summed E-state index contributed by atoms with van der Waals surface area (Å²) in [6.07, 6.45) is 1.88. The number of hydrogen-bond donors (Lipinski definition) is 0. The molecule has 1 amide bonds. The lowest BCUT2D eigenvalue weighted by atomic mass is 10.0. The third-order valence-electron chi connectivity index (χ3n) is 3.94. The largest absolute Gasteiger partial charge is 0.493 e. The molecule has 0 saturated carbocycles. The molecule has 0 aromatic heterocycles. The highest BCUT2D eigenvalue weighted by molar-refractivity contribution is 9.10. The molecule has 0 N–H and O–H groups in total. The van der Waals surface area contributed by atoms with Gasteiger partial charge in [0.15, 0.2) is 11.5 Å².